The number of nitrogens with zero attached hydrogens (tertiary/aromatic N) is 1. The second-order valence-corrected chi connectivity index (χ2v) is 5.77. The van der Waals surface area contributed by atoms with Gasteiger partial charge >= 0.3 is 0 Å². The summed E-state index contributed by atoms with van der Waals surface area (Å²) in [5.74, 6) is -0.147. The Balaban J connectivity index is 1.80. The predicted octanol–water partition coefficient (Wildman–Crippen LogP) is 3.18. The van der Waals surface area contributed by atoms with Gasteiger partial charge < -0.3 is 10.2 Å². The van der Waals surface area contributed by atoms with Crippen LogP contribution in [-0.2, 0) is 6.54 Å². The van der Waals surface area contributed by atoms with E-state index in [2.05, 4.69) is 24.1 Å². The van der Waals surface area contributed by atoms with Crippen molar-refractivity contribution in [2.24, 2.45) is 0 Å². The van der Waals surface area contributed by atoms with Crippen molar-refractivity contribution in [2.45, 2.75) is 51.7 Å². The third kappa shape index (κ3) is 4.59. The predicted molar refractivity (Wildman–Crippen MR) is 77.6 cm³/mol. The van der Waals surface area contributed by atoms with E-state index in [9.17, 15) is 4.39 Å². The first-order valence-corrected chi connectivity index (χ1v) is 7.37. The van der Waals surface area contributed by atoms with E-state index in [4.69, 9.17) is 0 Å². The third-order valence-electron chi connectivity index (χ3n) is 3.98. The fourth-order valence-electron chi connectivity index (χ4n) is 2.75. The standard InChI is InChI=1S/C16H25FN2/c1-13(2)19-9-4-7-16(8-10-19)18-12-14-5-3-6-15(17)11-14/h3,5-6,11,13,16,18H,4,7-10,12H2,1-2H3. The molecule has 0 aliphatic carbocycles. The molecule has 106 valence electrons. The smallest absolute Gasteiger partial charge is 0.123 e. The van der Waals surface area contributed by atoms with Crippen molar-refractivity contribution in [2.75, 3.05) is 13.1 Å². The lowest BCUT2D eigenvalue weighted by Crippen LogP contribution is -2.33. The van der Waals surface area contributed by atoms with Gasteiger partial charge in [-0.3, -0.25) is 0 Å². The van der Waals surface area contributed by atoms with Crippen molar-refractivity contribution in [1.29, 1.82) is 0 Å². The lowest BCUT2D eigenvalue weighted by atomic mass is 10.1. The molecule has 1 aliphatic heterocycles. The quantitative estimate of drug-likeness (QED) is 0.898. The molecule has 1 unspecified atom stereocenters. The first-order valence-electron chi connectivity index (χ1n) is 7.37. The number of likely N-dealkylation sites (tertiary alicyclic amines) is 1. The largest absolute Gasteiger partial charge is 0.310 e. The monoisotopic (exact) mass is 264 g/mol. The summed E-state index contributed by atoms with van der Waals surface area (Å²) in [5.41, 5.74) is 1.03. The molecule has 2 rings (SSSR count). The van der Waals surface area contributed by atoms with Crippen molar-refractivity contribution in [1.82, 2.24) is 10.2 Å². The molecule has 0 spiro atoms. The fourth-order valence-corrected chi connectivity index (χ4v) is 2.75. The highest BCUT2D eigenvalue weighted by molar-refractivity contribution is 5.16. The van der Waals surface area contributed by atoms with Crippen LogP contribution in [0.15, 0.2) is 24.3 Å². The summed E-state index contributed by atoms with van der Waals surface area (Å²) < 4.78 is 13.1. The van der Waals surface area contributed by atoms with Crippen molar-refractivity contribution in [3.05, 3.63) is 35.6 Å². The zero-order valence-electron chi connectivity index (χ0n) is 12.0. The number of hydrogen-bond donors (Lipinski definition) is 1. The molecule has 1 aromatic carbocycles. The first-order chi connectivity index (χ1) is 9.15. The Kier molecular flexibility index (Phi) is 5.34. The summed E-state index contributed by atoms with van der Waals surface area (Å²) in [7, 11) is 0. The van der Waals surface area contributed by atoms with Gasteiger partial charge in [0.1, 0.15) is 5.82 Å². The molecule has 1 fully saturated rings. The fraction of sp³-hybridized carbons (Fsp3) is 0.625. The van der Waals surface area contributed by atoms with Crippen molar-refractivity contribution < 1.29 is 4.39 Å². The topological polar surface area (TPSA) is 15.3 Å². The van der Waals surface area contributed by atoms with Crippen molar-refractivity contribution in [3.63, 3.8) is 0 Å². The highest BCUT2D eigenvalue weighted by atomic mass is 19.1. The highest BCUT2D eigenvalue weighted by Gasteiger charge is 2.18. The average Bonchev–Trinajstić information content (AvgIpc) is 2.62. The first kappa shape index (κ1) is 14.5. The molecular weight excluding hydrogens is 239 g/mol. The van der Waals surface area contributed by atoms with Crippen LogP contribution in [0.4, 0.5) is 4.39 Å². The summed E-state index contributed by atoms with van der Waals surface area (Å²) in [6.45, 7) is 7.67. The Morgan fingerprint density at radius 3 is 2.89 bits per heavy atom. The Hall–Kier alpha value is -0.930. The van der Waals surface area contributed by atoms with E-state index in [-0.39, 0.29) is 5.82 Å². The molecule has 1 N–H and O–H groups in total. The number of hydrogen-bond acceptors (Lipinski definition) is 2. The minimum Gasteiger partial charge on any atom is -0.310 e. The maximum absolute atomic E-state index is 13.1. The number of rotatable bonds is 4. The van der Waals surface area contributed by atoms with Crippen LogP contribution in [0.3, 0.4) is 0 Å². The van der Waals surface area contributed by atoms with Gasteiger partial charge in [0.05, 0.1) is 0 Å². The molecule has 0 amide bonds. The molecule has 1 aliphatic rings. The molecule has 0 radical (unpaired) electrons. The van der Waals surface area contributed by atoms with Crippen LogP contribution in [0.2, 0.25) is 0 Å². The molecule has 1 aromatic rings. The molecule has 0 bridgehead atoms. The molecule has 1 heterocycles. The van der Waals surface area contributed by atoms with Gasteiger partial charge in [-0.2, -0.15) is 0 Å². The van der Waals surface area contributed by atoms with Crippen LogP contribution in [0.1, 0.15) is 38.7 Å². The molecule has 0 aromatic heterocycles. The van der Waals surface area contributed by atoms with Crippen LogP contribution in [0, 0.1) is 5.82 Å². The van der Waals surface area contributed by atoms with Gasteiger partial charge in [-0.15, -0.1) is 0 Å². The van der Waals surface area contributed by atoms with E-state index in [1.165, 1.54) is 38.4 Å². The van der Waals surface area contributed by atoms with Crippen LogP contribution < -0.4 is 5.32 Å². The molecule has 0 saturated carbocycles. The van der Waals surface area contributed by atoms with E-state index < -0.39 is 0 Å². The lowest BCUT2D eigenvalue weighted by molar-refractivity contribution is 0.229. The maximum Gasteiger partial charge on any atom is 0.123 e. The summed E-state index contributed by atoms with van der Waals surface area (Å²) >= 11 is 0. The molecular formula is C16H25FN2. The van der Waals surface area contributed by atoms with Gasteiger partial charge in [-0.05, 0) is 63.9 Å². The lowest BCUT2D eigenvalue weighted by Gasteiger charge is -2.24. The Bertz CT molecular complexity index is 392. The Morgan fingerprint density at radius 2 is 2.16 bits per heavy atom. The second-order valence-electron chi connectivity index (χ2n) is 5.77. The van der Waals surface area contributed by atoms with E-state index >= 15 is 0 Å². The number of nitrogens with one attached hydrogen (secondary N) is 1. The van der Waals surface area contributed by atoms with Crippen LogP contribution >= 0.6 is 0 Å². The van der Waals surface area contributed by atoms with Gasteiger partial charge in [-0.25, -0.2) is 4.39 Å². The molecule has 2 nitrogen and oxygen atoms in total. The van der Waals surface area contributed by atoms with Crippen molar-refractivity contribution in [3.8, 4) is 0 Å². The molecule has 3 heteroatoms. The Morgan fingerprint density at radius 1 is 1.32 bits per heavy atom. The average molecular weight is 264 g/mol. The van der Waals surface area contributed by atoms with E-state index in [0.717, 1.165) is 12.1 Å². The zero-order chi connectivity index (χ0) is 13.7. The molecule has 1 atom stereocenters. The zero-order valence-corrected chi connectivity index (χ0v) is 12.0. The SMILES string of the molecule is CC(C)N1CCCC(NCc2cccc(F)c2)CC1. The number of halogens is 1. The van der Waals surface area contributed by atoms with E-state index in [1.807, 2.05) is 6.07 Å². The van der Waals surface area contributed by atoms with E-state index in [1.54, 1.807) is 12.1 Å². The van der Waals surface area contributed by atoms with Crippen LogP contribution in [-0.4, -0.2) is 30.1 Å². The van der Waals surface area contributed by atoms with Gasteiger partial charge in [0.2, 0.25) is 0 Å². The van der Waals surface area contributed by atoms with Crippen molar-refractivity contribution >= 4 is 0 Å². The van der Waals surface area contributed by atoms with Crippen LogP contribution in [0.5, 0.6) is 0 Å². The van der Waals surface area contributed by atoms with Gasteiger partial charge in [0.25, 0.3) is 0 Å². The summed E-state index contributed by atoms with van der Waals surface area (Å²) in [4.78, 5) is 2.55. The molecule has 19 heavy (non-hydrogen) atoms. The Labute approximate surface area is 116 Å². The summed E-state index contributed by atoms with van der Waals surface area (Å²) in [6.07, 6.45) is 3.66. The normalized spacial score (nSPS) is 21.6. The highest BCUT2D eigenvalue weighted by Crippen LogP contribution is 2.14. The maximum atomic E-state index is 13.1. The van der Waals surface area contributed by atoms with Gasteiger partial charge in [0, 0.05) is 18.6 Å². The minimum atomic E-state index is -0.147. The number of benzene rings is 1. The summed E-state index contributed by atoms with van der Waals surface area (Å²) in [5, 5.41) is 3.57. The minimum absolute atomic E-state index is 0.147. The third-order valence-corrected chi connectivity index (χ3v) is 3.98. The second kappa shape index (κ2) is 7.01. The summed E-state index contributed by atoms with van der Waals surface area (Å²) in [6, 6.07) is 8.07. The van der Waals surface area contributed by atoms with Gasteiger partial charge in [-0.1, -0.05) is 12.1 Å². The van der Waals surface area contributed by atoms with E-state index in [0.29, 0.717) is 12.1 Å². The molecule has 1 saturated heterocycles. The van der Waals surface area contributed by atoms with Crippen LogP contribution in [0.25, 0.3) is 0 Å². The van der Waals surface area contributed by atoms with Gasteiger partial charge in [0.15, 0.2) is 0 Å².